The Kier molecular flexibility index (Phi) is 7.64. The van der Waals surface area contributed by atoms with Gasteiger partial charge in [0.2, 0.25) is 0 Å². The summed E-state index contributed by atoms with van der Waals surface area (Å²) in [4.78, 5) is 59.3. The molecule has 1 N–H and O–H groups in total. The molecule has 1 aliphatic heterocycles. The van der Waals surface area contributed by atoms with Crippen molar-refractivity contribution in [2.75, 3.05) is 19.8 Å². The normalized spacial score (nSPS) is 14.4. The third-order valence-corrected chi connectivity index (χ3v) is 5.40. The van der Waals surface area contributed by atoms with E-state index >= 15 is 0 Å². The Morgan fingerprint density at radius 3 is 2.44 bits per heavy atom. The first-order valence-corrected chi connectivity index (χ1v) is 10.7. The van der Waals surface area contributed by atoms with E-state index in [4.69, 9.17) is 14.6 Å². The van der Waals surface area contributed by atoms with Crippen molar-refractivity contribution in [3.05, 3.63) is 68.6 Å². The number of nitro groups is 1. The van der Waals surface area contributed by atoms with Crippen molar-refractivity contribution in [2.24, 2.45) is 0 Å². The van der Waals surface area contributed by atoms with E-state index in [0.717, 1.165) is 4.90 Å². The highest BCUT2D eigenvalue weighted by Crippen LogP contribution is 2.35. The summed E-state index contributed by atoms with van der Waals surface area (Å²) in [6.07, 6.45) is 1.45. The van der Waals surface area contributed by atoms with E-state index in [-0.39, 0.29) is 34.3 Å². The number of amides is 2. The highest BCUT2D eigenvalue weighted by molar-refractivity contribution is 8.18. The van der Waals surface area contributed by atoms with Crippen molar-refractivity contribution < 1.29 is 38.7 Å². The molecule has 1 heterocycles. The van der Waals surface area contributed by atoms with E-state index in [1.54, 1.807) is 13.0 Å². The molecule has 12 heteroatoms. The first-order chi connectivity index (χ1) is 16.2. The molecular formula is C22H18N2O9S. The molecule has 1 aliphatic rings. The molecule has 2 amide bonds. The molecule has 0 saturated carbocycles. The van der Waals surface area contributed by atoms with Crippen LogP contribution < -0.4 is 9.47 Å². The van der Waals surface area contributed by atoms with Crippen molar-refractivity contribution >= 4 is 46.4 Å². The van der Waals surface area contributed by atoms with Crippen LogP contribution in [0.3, 0.4) is 0 Å². The minimum atomic E-state index is -1.15. The smallest absolute Gasteiger partial charge is 0.341 e. The van der Waals surface area contributed by atoms with Crippen molar-refractivity contribution in [1.82, 2.24) is 4.90 Å². The predicted molar refractivity (Wildman–Crippen MR) is 121 cm³/mol. The minimum absolute atomic E-state index is 0.0863. The maximum atomic E-state index is 12.7. The summed E-state index contributed by atoms with van der Waals surface area (Å²) in [6, 6.07) is 9.45. The van der Waals surface area contributed by atoms with E-state index in [1.165, 1.54) is 42.5 Å². The van der Waals surface area contributed by atoms with Gasteiger partial charge in [0, 0.05) is 17.7 Å². The van der Waals surface area contributed by atoms with E-state index in [1.807, 2.05) is 0 Å². The molecule has 2 aromatic carbocycles. The van der Waals surface area contributed by atoms with Gasteiger partial charge in [-0.15, -0.1) is 0 Å². The number of carbonyl (C=O) groups is 4. The predicted octanol–water partition coefficient (Wildman–Crippen LogP) is 3.38. The van der Waals surface area contributed by atoms with Crippen LogP contribution in [0.15, 0.2) is 47.4 Å². The van der Waals surface area contributed by atoms with Crippen LogP contribution in [-0.2, 0) is 9.59 Å². The van der Waals surface area contributed by atoms with Crippen LogP contribution in [0.25, 0.3) is 6.08 Å². The van der Waals surface area contributed by atoms with E-state index in [2.05, 4.69) is 0 Å². The van der Waals surface area contributed by atoms with Gasteiger partial charge in [-0.25, -0.2) is 4.79 Å². The number of benzene rings is 2. The molecule has 1 fully saturated rings. The van der Waals surface area contributed by atoms with Crippen LogP contribution in [0, 0.1) is 10.1 Å². The summed E-state index contributed by atoms with van der Waals surface area (Å²) in [5.41, 5.74) is 0.446. The Morgan fingerprint density at radius 1 is 1.12 bits per heavy atom. The topological polar surface area (TPSA) is 153 Å². The highest BCUT2D eigenvalue weighted by atomic mass is 32.2. The number of ether oxygens (including phenoxy) is 2. The lowest BCUT2D eigenvalue weighted by atomic mass is 10.1. The van der Waals surface area contributed by atoms with Gasteiger partial charge in [0.05, 0.1) is 23.0 Å². The van der Waals surface area contributed by atoms with Crippen LogP contribution in [0.4, 0.5) is 10.5 Å². The molecule has 0 radical (unpaired) electrons. The second-order valence-corrected chi connectivity index (χ2v) is 7.81. The molecule has 2 aromatic rings. The maximum Gasteiger partial charge on any atom is 0.341 e. The fraction of sp³-hybridized carbons (Fsp3) is 0.182. The van der Waals surface area contributed by atoms with Gasteiger partial charge >= 0.3 is 5.97 Å². The third-order valence-electron chi connectivity index (χ3n) is 4.49. The Morgan fingerprint density at radius 2 is 1.82 bits per heavy atom. The molecule has 0 bridgehead atoms. The Hall–Kier alpha value is -4.19. The van der Waals surface area contributed by atoms with Crippen LogP contribution >= 0.6 is 11.8 Å². The zero-order valence-corrected chi connectivity index (χ0v) is 18.6. The standard InChI is InChI=1S/C22H18N2O9S/c1-2-32-18-9-13(3-8-17(18)33-12-20(26)27)10-19-21(28)23(22(29)34-19)11-16(25)14-4-6-15(7-5-14)24(30)31/h3-10H,2,11-12H2,1H3,(H,26,27)/b19-10+. The Labute approximate surface area is 197 Å². The molecule has 0 spiro atoms. The SMILES string of the molecule is CCOc1cc(/C=C2/SC(=O)N(CC(=O)c3ccc([N+](=O)[O-])cc3)C2=O)ccc1OCC(=O)O. The van der Waals surface area contributed by atoms with Gasteiger partial charge in [-0.05, 0) is 54.6 Å². The van der Waals surface area contributed by atoms with Gasteiger partial charge in [0.25, 0.3) is 16.8 Å². The number of thioether (sulfide) groups is 1. The van der Waals surface area contributed by atoms with Crippen molar-refractivity contribution in [3.8, 4) is 11.5 Å². The average molecular weight is 486 g/mol. The summed E-state index contributed by atoms with van der Waals surface area (Å²) >= 11 is 0.665. The first kappa shape index (κ1) is 24.5. The summed E-state index contributed by atoms with van der Waals surface area (Å²) in [7, 11) is 0. The number of imide groups is 1. The van der Waals surface area contributed by atoms with Gasteiger partial charge < -0.3 is 14.6 Å². The number of rotatable bonds is 10. The zero-order chi connectivity index (χ0) is 24.8. The van der Waals surface area contributed by atoms with E-state index < -0.39 is 41.0 Å². The lowest BCUT2D eigenvalue weighted by Gasteiger charge is -2.12. The van der Waals surface area contributed by atoms with Crippen molar-refractivity contribution in [1.29, 1.82) is 0 Å². The second-order valence-electron chi connectivity index (χ2n) is 6.82. The zero-order valence-electron chi connectivity index (χ0n) is 17.8. The molecule has 0 aromatic heterocycles. The lowest BCUT2D eigenvalue weighted by Crippen LogP contribution is -2.33. The second kappa shape index (κ2) is 10.6. The average Bonchev–Trinajstić information content (AvgIpc) is 3.06. The quantitative estimate of drug-likeness (QED) is 0.229. The molecule has 34 heavy (non-hydrogen) atoms. The fourth-order valence-corrected chi connectivity index (χ4v) is 3.77. The van der Waals surface area contributed by atoms with Gasteiger partial charge in [0.1, 0.15) is 0 Å². The van der Waals surface area contributed by atoms with Crippen LogP contribution in [0.1, 0.15) is 22.8 Å². The first-order valence-electron chi connectivity index (χ1n) is 9.84. The Balaban J connectivity index is 1.76. The number of carbonyl (C=O) groups excluding carboxylic acids is 3. The fourth-order valence-electron chi connectivity index (χ4n) is 2.93. The number of aliphatic carboxylic acids is 1. The third kappa shape index (κ3) is 5.78. The Bertz CT molecular complexity index is 1190. The molecule has 3 rings (SSSR count). The summed E-state index contributed by atoms with van der Waals surface area (Å²) in [6.45, 7) is 0.961. The summed E-state index contributed by atoms with van der Waals surface area (Å²) < 4.78 is 10.6. The van der Waals surface area contributed by atoms with Gasteiger partial charge in [-0.2, -0.15) is 0 Å². The van der Waals surface area contributed by atoms with Gasteiger partial charge in [0.15, 0.2) is 23.9 Å². The lowest BCUT2D eigenvalue weighted by molar-refractivity contribution is -0.384. The van der Waals surface area contributed by atoms with Gasteiger partial charge in [-0.1, -0.05) is 6.07 Å². The largest absolute Gasteiger partial charge is 0.490 e. The number of carboxylic acid groups (broad SMARTS) is 1. The summed E-state index contributed by atoms with van der Waals surface area (Å²) in [5.74, 6) is -1.87. The molecule has 11 nitrogen and oxygen atoms in total. The molecule has 0 atom stereocenters. The number of ketones is 1. The van der Waals surface area contributed by atoms with Crippen LogP contribution in [0.5, 0.6) is 11.5 Å². The number of hydrogen-bond acceptors (Lipinski definition) is 9. The number of Topliss-reactive ketones (excluding diaryl/α,β-unsaturated/α-hetero) is 1. The van der Waals surface area contributed by atoms with Crippen molar-refractivity contribution in [2.45, 2.75) is 6.92 Å². The van der Waals surface area contributed by atoms with Crippen LogP contribution in [0.2, 0.25) is 0 Å². The molecular weight excluding hydrogens is 468 g/mol. The maximum absolute atomic E-state index is 12.7. The summed E-state index contributed by atoms with van der Waals surface area (Å²) in [5, 5.41) is 18.9. The van der Waals surface area contributed by atoms with Gasteiger partial charge in [-0.3, -0.25) is 29.4 Å². The number of nitro benzene ring substituents is 1. The van der Waals surface area contributed by atoms with Crippen LogP contribution in [-0.4, -0.2) is 57.6 Å². The molecule has 176 valence electrons. The minimum Gasteiger partial charge on any atom is -0.490 e. The van der Waals surface area contributed by atoms with E-state index in [0.29, 0.717) is 17.3 Å². The van der Waals surface area contributed by atoms with E-state index in [9.17, 15) is 29.3 Å². The highest BCUT2D eigenvalue weighted by Gasteiger charge is 2.36. The molecule has 0 aliphatic carbocycles. The number of carboxylic acids is 1. The number of nitrogens with zero attached hydrogens (tertiary/aromatic N) is 2. The number of hydrogen-bond donors (Lipinski definition) is 1. The molecule has 1 saturated heterocycles. The molecule has 0 unspecified atom stereocenters. The number of non-ortho nitro benzene ring substituents is 1. The monoisotopic (exact) mass is 486 g/mol. The van der Waals surface area contributed by atoms with Crippen molar-refractivity contribution in [3.63, 3.8) is 0 Å².